The molecule has 4 heteroatoms. The van der Waals surface area contributed by atoms with Gasteiger partial charge in [-0.2, -0.15) is 0 Å². The van der Waals surface area contributed by atoms with Crippen molar-refractivity contribution in [2.24, 2.45) is 11.1 Å². The van der Waals surface area contributed by atoms with Crippen molar-refractivity contribution in [3.8, 4) is 0 Å². The Morgan fingerprint density at radius 1 is 1.43 bits per heavy atom. The minimum atomic E-state index is 0.116. The first kappa shape index (κ1) is 16.0. The first-order valence-electron chi connectivity index (χ1n) is 7.76. The molecule has 116 valence electrons. The van der Waals surface area contributed by atoms with Crippen molar-refractivity contribution in [3.05, 3.63) is 35.4 Å². The van der Waals surface area contributed by atoms with Gasteiger partial charge in [-0.25, -0.2) is 0 Å². The first-order valence-corrected chi connectivity index (χ1v) is 7.76. The van der Waals surface area contributed by atoms with E-state index in [9.17, 15) is 4.79 Å². The second-order valence-electron chi connectivity index (χ2n) is 6.50. The molecule has 1 fully saturated rings. The summed E-state index contributed by atoms with van der Waals surface area (Å²) in [5.41, 5.74) is 8.56. The Morgan fingerprint density at radius 2 is 2.19 bits per heavy atom. The van der Waals surface area contributed by atoms with Gasteiger partial charge >= 0.3 is 0 Å². The fourth-order valence-electron chi connectivity index (χ4n) is 2.91. The molecule has 1 unspecified atom stereocenters. The summed E-state index contributed by atoms with van der Waals surface area (Å²) in [5.74, 6) is 0.116. The third-order valence-corrected chi connectivity index (χ3v) is 4.47. The number of benzene rings is 1. The third-order valence-electron chi connectivity index (χ3n) is 4.47. The van der Waals surface area contributed by atoms with E-state index < -0.39 is 0 Å². The lowest BCUT2D eigenvalue weighted by molar-refractivity contribution is -0.122. The fraction of sp³-hybridized carbons (Fsp3) is 0.588. The summed E-state index contributed by atoms with van der Waals surface area (Å²) in [6.45, 7) is 8.08. The van der Waals surface area contributed by atoms with Crippen LogP contribution in [-0.2, 0) is 11.2 Å². The normalized spacial score (nSPS) is 22.4. The highest BCUT2D eigenvalue weighted by Crippen LogP contribution is 2.27. The summed E-state index contributed by atoms with van der Waals surface area (Å²) in [7, 11) is 0. The topological polar surface area (TPSA) is 58.4 Å². The van der Waals surface area contributed by atoms with Crippen molar-refractivity contribution in [2.45, 2.75) is 26.7 Å². The maximum Gasteiger partial charge on any atom is 0.234 e. The van der Waals surface area contributed by atoms with Gasteiger partial charge in [-0.15, -0.1) is 0 Å². The zero-order chi connectivity index (χ0) is 15.3. The number of hydrogen-bond donors (Lipinski definition) is 2. The number of nitrogens with one attached hydrogen (secondary N) is 1. The molecule has 0 saturated carbocycles. The van der Waals surface area contributed by atoms with Gasteiger partial charge in [-0.1, -0.05) is 31.2 Å². The Morgan fingerprint density at radius 3 is 2.86 bits per heavy atom. The van der Waals surface area contributed by atoms with Crippen LogP contribution in [0.3, 0.4) is 0 Å². The predicted molar refractivity (Wildman–Crippen MR) is 86.1 cm³/mol. The molecular formula is C17H27N3O. The molecule has 1 aromatic rings. The second kappa shape index (κ2) is 7.05. The lowest BCUT2D eigenvalue weighted by atomic mass is 9.90. The number of amides is 1. The van der Waals surface area contributed by atoms with E-state index >= 15 is 0 Å². The van der Waals surface area contributed by atoms with E-state index in [0.29, 0.717) is 19.6 Å². The monoisotopic (exact) mass is 289 g/mol. The number of nitrogens with two attached hydrogens (primary N) is 1. The predicted octanol–water partition coefficient (Wildman–Crippen LogP) is 1.32. The van der Waals surface area contributed by atoms with Crippen molar-refractivity contribution < 1.29 is 4.79 Å². The van der Waals surface area contributed by atoms with Crippen LogP contribution in [0.4, 0.5) is 0 Å². The molecule has 2 rings (SSSR count). The molecule has 0 aliphatic carbocycles. The Labute approximate surface area is 127 Å². The lowest BCUT2D eigenvalue weighted by Gasteiger charge is -2.22. The van der Waals surface area contributed by atoms with E-state index in [0.717, 1.165) is 25.9 Å². The van der Waals surface area contributed by atoms with Gasteiger partial charge in [0.05, 0.1) is 6.54 Å². The zero-order valence-corrected chi connectivity index (χ0v) is 13.2. The largest absolute Gasteiger partial charge is 0.355 e. The summed E-state index contributed by atoms with van der Waals surface area (Å²) in [6, 6.07) is 8.31. The van der Waals surface area contributed by atoms with Crippen LogP contribution in [0.1, 0.15) is 24.5 Å². The summed E-state index contributed by atoms with van der Waals surface area (Å²) in [5, 5.41) is 3.02. The molecule has 1 atom stereocenters. The maximum absolute atomic E-state index is 12.0. The lowest BCUT2D eigenvalue weighted by Crippen LogP contribution is -2.38. The van der Waals surface area contributed by atoms with Gasteiger partial charge in [0.2, 0.25) is 5.91 Å². The van der Waals surface area contributed by atoms with Gasteiger partial charge < -0.3 is 11.1 Å². The van der Waals surface area contributed by atoms with Crippen LogP contribution in [-0.4, -0.2) is 43.5 Å². The van der Waals surface area contributed by atoms with E-state index in [1.165, 1.54) is 11.1 Å². The van der Waals surface area contributed by atoms with Crippen molar-refractivity contribution in [1.82, 2.24) is 10.2 Å². The number of nitrogens with zero attached hydrogens (tertiary/aromatic N) is 1. The first-order chi connectivity index (χ1) is 10.0. The Hall–Kier alpha value is -1.39. The van der Waals surface area contributed by atoms with Crippen LogP contribution in [0.25, 0.3) is 0 Å². The van der Waals surface area contributed by atoms with Crippen LogP contribution in [0, 0.1) is 12.3 Å². The summed E-state index contributed by atoms with van der Waals surface area (Å²) in [4.78, 5) is 14.2. The van der Waals surface area contributed by atoms with Crippen molar-refractivity contribution >= 4 is 5.91 Å². The summed E-state index contributed by atoms with van der Waals surface area (Å²) >= 11 is 0. The quantitative estimate of drug-likeness (QED) is 0.830. The van der Waals surface area contributed by atoms with Gasteiger partial charge in [-0.05, 0) is 49.4 Å². The standard InChI is InChI=1S/C17H27N3O/c1-14-5-3-4-6-15(14)7-9-19-16(21)11-20-10-8-17(2,12-18)13-20/h3-6H,7-13,18H2,1-2H3,(H,19,21). The highest BCUT2D eigenvalue weighted by Gasteiger charge is 2.32. The molecule has 1 aliphatic heterocycles. The van der Waals surface area contributed by atoms with E-state index in [1.54, 1.807) is 0 Å². The minimum Gasteiger partial charge on any atom is -0.355 e. The molecule has 0 bridgehead atoms. The molecule has 0 aromatic heterocycles. The van der Waals surface area contributed by atoms with Gasteiger partial charge in [0.15, 0.2) is 0 Å². The van der Waals surface area contributed by atoms with Crippen LogP contribution < -0.4 is 11.1 Å². The van der Waals surface area contributed by atoms with Gasteiger partial charge in [0.1, 0.15) is 0 Å². The molecule has 1 aromatic carbocycles. The zero-order valence-electron chi connectivity index (χ0n) is 13.2. The SMILES string of the molecule is Cc1ccccc1CCNC(=O)CN1CCC(C)(CN)C1. The van der Waals surface area contributed by atoms with Crippen LogP contribution in [0.15, 0.2) is 24.3 Å². The smallest absolute Gasteiger partial charge is 0.234 e. The van der Waals surface area contributed by atoms with Gasteiger partial charge in [0.25, 0.3) is 0 Å². The molecular weight excluding hydrogens is 262 g/mol. The Bertz CT molecular complexity index is 489. The van der Waals surface area contributed by atoms with Gasteiger partial charge in [0, 0.05) is 13.1 Å². The van der Waals surface area contributed by atoms with Gasteiger partial charge in [-0.3, -0.25) is 9.69 Å². The minimum absolute atomic E-state index is 0.116. The summed E-state index contributed by atoms with van der Waals surface area (Å²) < 4.78 is 0. The molecule has 1 heterocycles. The number of aryl methyl sites for hydroxylation is 1. The number of likely N-dealkylation sites (tertiary alicyclic amines) is 1. The number of carbonyl (C=O) groups excluding carboxylic acids is 1. The molecule has 21 heavy (non-hydrogen) atoms. The average molecular weight is 289 g/mol. The van der Waals surface area contributed by atoms with Crippen molar-refractivity contribution in [2.75, 3.05) is 32.7 Å². The van der Waals surface area contributed by atoms with E-state index in [-0.39, 0.29) is 11.3 Å². The molecule has 0 radical (unpaired) electrons. The number of hydrogen-bond acceptors (Lipinski definition) is 3. The van der Waals surface area contributed by atoms with Crippen LogP contribution >= 0.6 is 0 Å². The molecule has 1 amide bonds. The highest BCUT2D eigenvalue weighted by molar-refractivity contribution is 5.78. The number of rotatable bonds is 6. The van der Waals surface area contributed by atoms with E-state index in [4.69, 9.17) is 5.73 Å². The second-order valence-corrected chi connectivity index (χ2v) is 6.50. The van der Waals surface area contributed by atoms with Crippen LogP contribution in [0.2, 0.25) is 0 Å². The Balaban J connectivity index is 1.70. The molecule has 1 saturated heterocycles. The highest BCUT2D eigenvalue weighted by atomic mass is 16.2. The van der Waals surface area contributed by atoms with Crippen molar-refractivity contribution in [3.63, 3.8) is 0 Å². The molecule has 4 nitrogen and oxygen atoms in total. The maximum atomic E-state index is 12.0. The Kier molecular flexibility index (Phi) is 5.37. The third kappa shape index (κ3) is 4.55. The van der Waals surface area contributed by atoms with E-state index in [1.807, 2.05) is 12.1 Å². The van der Waals surface area contributed by atoms with Crippen LogP contribution in [0.5, 0.6) is 0 Å². The molecule has 1 aliphatic rings. The average Bonchev–Trinajstić information content (AvgIpc) is 2.83. The molecule has 3 N–H and O–H groups in total. The summed E-state index contributed by atoms with van der Waals surface area (Å²) in [6.07, 6.45) is 1.97. The molecule has 0 spiro atoms. The number of carbonyl (C=O) groups is 1. The van der Waals surface area contributed by atoms with Crippen molar-refractivity contribution in [1.29, 1.82) is 0 Å². The van der Waals surface area contributed by atoms with E-state index in [2.05, 4.69) is 36.2 Å². The fourth-order valence-corrected chi connectivity index (χ4v) is 2.91.